The Balaban J connectivity index is 2.45. The van der Waals surface area contributed by atoms with E-state index in [0.717, 1.165) is 12.8 Å². The molecule has 0 aliphatic carbocycles. The lowest BCUT2D eigenvalue weighted by Crippen LogP contribution is -2.31. The third-order valence-electron chi connectivity index (χ3n) is 2.99. The zero-order valence-corrected chi connectivity index (χ0v) is 11.4. The van der Waals surface area contributed by atoms with E-state index in [0.29, 0.717) is 12.0 Å². The summed E-state index contributed by atoms with van der Waals surface area (Å²) < 4.78 is 4.86. The molecular formula is C13H17N3O4. The van der Waals surface area contributed by atoms with E-state index in [2.05, 4.69) is 9.97 Å². The van der Waals surface area contributed by atoms with Crippen LogP contribution in [0.15, 0.2) is 24.9 Å². The number of aryl methyl sites for hydroxylation is 1. The van der Waals surface area contributed by atoms with Crippen LogP contribution in [0.2, 0.25) is 0 Å². The number of H-pyrrole nitrogens is 2. The Morgan fingerprint density at radius 2 is 1.95 bits per heavy atom. The molecule has 2 aromatic rings. The number of hydrogen-bond acceptors (Lipinski definition) is 5. The minimum Gasteiger partial charge on any atom is -0.405 e. The molecule has 2 rings (SSSR count). The number of nitrogens with two attached hydrogens (primary N) is 1. The Hall–Kier alpha value is -2.15. The monoisotopic (exact) mass is 279 g/mol. The standard InChI is InChI=1S/C13H17N3O4/c1-13(2,14)5-3-4-7-6-8(17)20-11-9(7)10(18)15-12(19)16-11/h6H,3-5,14H2,1-2H3,(H2,15,16,18,19). The first kappa shape index (κ1) is 14.3. The van der Waals surface area contributed by atoms with Gasteiger partial charge in [0.25, 0.3) is 5.56 Å². The third kappa shape index (κ3) is 3.24. The van der Waals surface area contributed by atoms with Gasteiger partial charge in [-0.2, -0.15) is 0 Å². The molecule has 2 aromatic heterocycles. The average Bonchev–Trinajstić information content (AvgIpc) is 2.24. The molecular weight excluding hydrogens is 262 g/mol. The van der Waals surface area contributed by atoms with Crippen LogP contribution in [0.3, 0.4) is 0 Å². The molecule has 0 unspecified atom stereocenters. The third-order valence-corrected chi connectivity index (χ3v) is 2.99. The molecule has 7 heteroatoms. The van der Waals surface area contributed by atoms with Crippen molar-refractivity contribution in [1.29, 1.82) is 0 Å². The van der Waals surface area contributed by atoms with E-state index in [1.54, 1.807) is 0 Å². The van der Waals surface area contributed by atoms with Crippen LogP contribution in [0.4, 0.5) is 0 Å². The van der Waals surface area contributed by atoms with Crippen LogP contribution in [0.1, 0.15) is 32.3 Å². The maximum atomic E-state index is 11.8. The van der Waals surface area contributed by atoms with Crippen molar-refractivity contribution < 1.29 is 4.42 Å². The van der Waals surface area contributed by atoms with Gasteiger partial charge < -0.3 is 10.2 Å². The van der Waals surface area contributed by atoms with Gasteiger partial charge in [0.1, 0.15) is 5.39 Å². The zero-order valence-electron chi connectivity index (χ0n) is 11.4. The summed E-state index contributed by atoms with van der Waals surface area (Å²) in [5, 5.41) is 0.207. The Morgan fingerprint density at radius 3 is 2.60 bits per heavy atom. The van der Waals surface area contributed by atoms with Crippen LogP contribution in [-0.4, -0.2) is 15.5 Å². The molecule has 0 spiro atoms. The van der Waals surface area contributed by atoms with Crippen molar-refractivity contribution >= 4 is 11.1 Å². The number of nitrogens with one attached hydrogen (secondary N) is 2. The molecule has 0 bridgehead atoms. The van der Waals surface area contributed by atoms with Crippen LogP contribution < -0.4 is 22.6 Å². The predicted octanol–water partition coefficient (Wildman–Crippen LogP) is 0.230. The highest BCUT2D eigenvalue weighted by Crippen LogP contribution is 2.15. The van der Waals surface area contributed by atoms with Crippen LogP contribution in [0.25, 0.3) is 11.1 Å². The molecule has 7 nitrogen and oxygen atoms in total. The van der Waals surface area contributed by atoms with E-state index >= 15 is 0 Å². The van der Waals surface area contributed by atoms with E-state index in [-0.39, 0.29) is 16.6 Å². The van der Waals surface area contributed by atoms with Crippen LogP contribution in [0.5, 0.6) is 0 Å². The maximum Gasteiger partial charge on any atom is 0.337 e. The van der Waals surface area contributed by atoms with E-state index in [1.807, 2.05) is 13.8 Å². The van der Waals surface area contributed by atoms with Gasteiger partial charge >= 0.3 is 11.3 Å². The Bertz CT molecular complexity index is 787. The van der Waals surface area contributed by atoms with E-state index < -0.39 is 16.9 Å². The van der Waals surface area contributed by atoms with Gasteiger partial charge in [0.2, 0.25) is 5.71 Å². The number of aromatic nitrogens is 2. The molecule has 2 heterocycles. The molecule has 0 aliphatic rings. The van der Waals surface area contributed by atoms with Crippen LogP contribution >= 0.6 is 0 Å². The van der Waals surface area contributed by atoms with Gasteiger partial charge in [-0.15, -0.1) is 0 Å². The average molecular weight is 279 g/mol. The van der Waals surface area contributed by atoms with Gasteiger partial charge in [-0.1, -0.05) is 0 Å². The second kappa shape index (κ2) is 5.09. The summed E-state index contributed by atoms with van der Waals surface area (Å²) in [5.74, 6) is 0. The summed E-state index contributed by atoms with van der Waals surface area (Å²) in [4.78, 5) is 38.9. The number of rotatable bonds is 4. The second-order valence-electron chi connectivity index (χ2n) is 5.55. The first-order valence-electron chi connectivity index (χ1n) is 6.34. The Labute approximate surface area is 113 Å². The van der Waals surface area contributed by atoms with Gasteiger partial charge in [0, 0.05) is 11.6 Å². The second-order valence-corrected chi connectivity index (χ2v) is 5.55. The molecule has 20 heavy (non-hydrogen) atoms. The summed E-state index contributed by atoms with van der Waals surface area (Å²) in [5.41, 5.74) is 4.19. The molecule has 0 fully saturated rings. The van der Waals surface area contributed by atoms with Crippen molar-refractivity contribution in [2.24, 2.45) is 5.73 Å². The van der Waals surface area contributed by atoms with E-state index in [1.165, 1.54) is 6.07 Å². The summed E-state index contributed by atoms with van der Waals surface area (Å²) in [7, 11) is 0. The van der Waals surface area contributed by atoms with Crippen LogP contribution in [0, 0.1) is 0 Å². The van der Waals surface area contributed by atoms with Gasteiger partial charge in [-0.25, -0.2) is 9.59 Å². The van der Waals surface area contributed by atoms with Crippen molar-refractivity contribution in [1.82, 2.24) is 9.97 Å². The van der Waals surface area contributed by atoms with Crippen molar-refractivity contribution in [3.05, 3.63) is 42.9 Å². The summed E-state index contributed by atoms with van der Waals surface area (Å²) in [6.07, 6.45) is 1.98. The molecule has 108 valence electrons. The quantitative estimate of drug-likeness (QED) is 0.739. The van der Waals surface area contributed by atoms with Gasteiger partial charge in [-0.3, -0.25) is 14.8 Å². The summed E-state index contributed by atoms with van der Waals surface area (Å²) in [6.45, 7) is 3.82. The summed E-state index contributed by atoms with van der Waals surface area (Å²) in [6, 6.07) is 1.28. The zero-order chi connectivity index (χ0) is 14.9. The van der Waals surface area contributed by atoms with Crippen molar-refractivity contribution in [2.75, 3.05) is 0 Å². The lowest BCUT2D eigenvalue weighted by molar-refractivity contribution is 0.459. The molecule has 0 saturated heterocycles. The normalized spacial score (nSPS) is 11.9. The molecule has 0 aromatic carbocycles. The van der Waals surface area contributed by atoms with Crippen molar-refractivity contribution in [3.63, 3.8) is 0 Å². The molecule has 0 saturated carbocycles. The smallest absolute Gasteiger partial charge is 0.337 e. The van der Waals surface area contributed by atoms with E-state index in [4.69, 9.17) is 10.2 Å². The van der Waals surface area contributed by atoms with Gasteiger partial charge in [0.05, 0.1) is 0 Å². The lowest BCUT2D eigenvalue weighted by Gasteiger charge is -2.17. The highest BCUT2D eigenvalue weighted by molar-refractivity contribution is 5.75. The maximum absolute atomic E-state index is 11.8. The number of aromatic amines is 2. The molecule has 0 amide bonds. The molecule has 4 N–H and O–H groups in total. The highest BCUT2D eigenvalue weighted by Gasteiger charge is 2.13. The van der Waals surface area contributed by atoms with Gasteiger partial charge in [0.15, 0.2) is 0 Å². The minimum atomic E-state index is -0.703. The van der Waals surface area contributed by atoms with Crippen molar-refractivity contribution in [2.45, 2.75) is 38.6 Å². The molecule has 0 aliphatic heterocycles. The first-order valence-corrected chi connectivity index (χ1v) is 6.34. The molecule has 0 atom stereocenters. The highest BCUT2D eigenvalue weighted by atomic mass is 16.4. The Kier molecular flexibility index (Phi) is 3.63. The first-order chi connectivity index (χ1) is 9.26. The fourth-order valence-electron chi connectivity index (χ4n) is 2.11. The molecule has 0 radical (unpaired) electrons. The summed E-state index contributed by atoms with van der Waals surface area (Å²) >= 11 is 0. The SMILES string of the molecule is CC(C)(N)CCCc1cc(=O)oc2[nH]c(=O)[nH]c(=O)c12. The van der Waals surface area contributed by atoms with E-state index in [9.17, 15) is 14.4 Å². The number of fused-ring (bicyclic) bond motifs is 1. The fourth-order valence-corrected chi connectivity index (χ4v) is 2.11. The largest absolute Gasteiger partial charge is 0.405 e. The minimum absolute atomic E-state index is 0.0896. The predicted molar refractivity (Wildman–Crippen MR) is 74.9 cm³/mol. The topological polar surface area (TPSA) is 122 Å². The number of hydrogen-bond donors (Lipinski definition) is 3. The van der Waals surface area contributed by atoms with Crippen molar-refractivity contribution in [3.8, 4) is 0 Å². The fraction of sp³-hybridized carbons (Fsp3) is 0.462. The Morgan fingerprint density at radius 1 is 1.25 bits per heavy atom. The lowest BCUT2D eigenvalue weighted by atomic mass is 9.96. The van der Waals surface area contributed by atoms with Crippen LogP contribution in [-0.2, 0) is 6.42 Å². The van der Waals surface area contributed by atoms with Gasteiger partial charge in [-0.05, 0) is 38.7 Å².